The zero-order valence-electron chi connectivity index (χ0n) is 18.5. The van der Waals surface area contributed by atoms with E-state index in [9.17, 15) is 9.59 Å². The van der Waals surface area contributed by atoms with Crippen LogP contribution in [0.4, 0.5) is 0 Å². The van der Waals surface area contributed by atoms with Crippen LogP contribution in [0.5, 0.6) is 0 Å². The molecular formula is C26H25N5O2. The molecular weight excluding hydrogens is 414 g/mol. The number of nitrogens with zero attached hydrogens (tertiary/aromatic N) is 5. The fourth-order valence-corrected chi connectivity index (χ4v) is 4.49. The Bertz CT molecular complexity index is 1350. The van der Waals surface area contributed by atoms with Crippen LogP contribution in [0.25, 0.3) is 27.9 Å². The largest absolute Gasteiger partial charge is 0.341 e. The molecule has 2 aromatic carbocycles. The highest BCUT2D eigenvalue weighted by atomic mass is 16.2. The van der Waals surface area contributed by atoms with Gasteiger partial charge in [0.1, 0.15) is 5.69 Å². The van der Waals surface area contributed by atoms with Crippen molar-refractivity contribution >= 4 is 39.7 Å². The fourth-order valence-electron chi connectivity index (χ4n) is 4.49. The van der Waals surface area contributed by atoms with E-state index in [1.54, 1.807) is 22.1 Å². The summed E-state index contributed by atoms with van der Waals surface area (Å²) in [6.07, 6.45) is 8.02. The van der Waals surface area contributed by atoms with Crippen molar-refractivity contribution in [1.82, 2.24) is 24.3 Å². The number of aromatic nitrogens is 3. The molecule has 166 valence electrons. The molecule has 7 heteroatoms. The number of rotatable bonds is 4. The first-order chi connectivity index (χ1) is 16.2. The minimum absolute atomic E-state index is 0.0438. The number of para-hydroxylation sites is 1. The van der Waals surface area contributed by atoms with E-state index in [2.05, 4.69) is 63.9 Å². The Morgan fingerprint density at radius 1 is 0.939 bits per heavy atom. The van der Waals surface area contributed by atoms with Gasteiger partial charge in [0.25, 0.3) is 5.91 Å². The number of carbonyl (C=O) groups is 2. The molecule has 2 aromatic heterocycles. The number of piperazine rings is 1. The number of benzene rings is 2. The summed E-state index contributed by atoms with van der Waals surface area (Å²) in [4.78, 5) is 36.8. The second kappa shape index (κ2) is 8.86. The molecule has 2 amide bonds. The van der Waals surface area contributed by atoms with Crippen LogP contribution in [0.3, 0.4) is 0 Å². The summed E-state index contributed by atoms with van der Waals surface area (Å²) < 4.78 is 2.31. The molecule has 33 heavy (non-hydrogen) atoms. The lowest BCUT2D eigenvalue weighted by Gasteiger charge is -2.34. The molecule has 4 aromatic rings. The van der Waals surface area contributed by atoms with Crippen molar-refractivity contribution in [3.63, 3.8) is 0 Å². The van der Waals surface area contributed by atoms with Crippen molar-refractivity contribution in [1.29, 1.82) is 0 Å². The summed E-state index contributed by atoms with van der Waals surface area (Å²) in [5, 5.41) is 2.41. The van der Waals surface area contributed by atoms with Crippen molar-refractivity contribution in [2.45, 2.75) is 13.5 Å². The van der Waals surface area contributed by atoms with Gasteiger partial charge in [-0.3, -0.25) is 14.6 Å². The number of amides is 2. The van der Waals surface area contributed by atoms with Gasteiger partial charge >= 0.3 is 0 Å². The third-order valence-corrected chi connectivity index (χ3v) is 6.19. The van der Waals surface area contributed by atoms with Gasteiger partial charge in [0, 0.05) is 73.0 Å². The number of hydrogen-bond acceptors (Lipinski definition) is 4. The lowest BCUT2D eigenvalue weighted by Crippen LogP contribution is -2.50. The molecule has 0 aliphatic carbocycles. The third kappa shape index (κ3) is 3.98. The van der Waals surface area contributed by atoms with E-state index in [1.165, 1.54) is 34.2 Å². The average Bonchev–Trinajstić information content (AvgIpc) is 3.20. The van der Waals surface area contributed by atoms with E-state index in [0.717, 1.165) is 12.1 Å². The zero-order chi connectivity index (χ0) is 22.8. The van der Waals surface area contributed by atoms with Crippen LogP contribution in [0.1, 0.15) is 23.0 Å². The van der Waals surface area contributed by atoms with Crippen LogP contribution in [-0.4, -0.2) is 62.3 Å². The molecule has 0 spiro atoms. The summed E-state index contributed by atoms with van der Waals surface area (Å²) >= 11 is 0. The smallest absolute Gasteiger partial charge is 0.274 e. The highest BCUT2D eigenvalue weighted by Gasteiger charge is 2.24. The summed E-state index contributed by atoms with van der Waals surface area (Å²) in [5.41, 5.74) is 3.75. The Morgan fingerprint density at radius 2 is 1.70 bits per heavy atom. The zero-order valence-corrected chi connectivity index (χ0v) is 18.5. The van der Waals surface area contributed by atoms with Crippen molar-refractivity contribution < 1.29 is 9.59 Å². The number of hydrogen-bond donors (Lipinski definition) is 0. The lowest BCUT2D eigenvalue weighted by atomic mass is 10.1. The van der Waals surface area contributed by atoms with Crippen LogP contribution >= 0.6 is 0 Å². The molecule has 3 heterocycles. The van der Waals surface area contributed by atoms with Crippen LogP contribution in [0.2, 0.25) is 0 Å². The van der Waals surface area contributed by atoms with Gasteiger partial charge in [-0.2, -0.15) is 0 Å². The summed E-state index contributed by atoms with van der Waals surface area (Å²) in [6, 6.07) is 14.7. The van der Waals surface area contributed by atoms with Crippen molar-refractivity contribution in [2.75, 3.05) is 26.2 Å². The molecule has 0 unspecified atom stereocenters. The summed E-state index contributed by atoms with van der Waals surface area (Å²) in [7, 11) is 0. The van der Waals surface area contributed by atoms with Gasteiger partial charge in [-0.1, -0.05) is 24.3 Å². The summed E-state index contributed by atoms with van der Waals surface area (Å²) in [5.74, 6) is -0.192. The van der Waals surface area contributed by atoms with E-state index < -0.39 is 0 Å². The molecule has 1 aliphatic rings. The maximum atomic E-state index is 12.8. The first-order valence-electron chi connectivity index (χ1n) is 11.2. The van der Waals surface area contributed by atoms with Gasteiger partial charge in [-0.05, 0) is 36.8 Å². The monoisotopic (exact) mass is 439 g/mol. The molecule has 1 aliphatic heterocycles. The normalized spacial score (nSPS) is 14.5. The molecule has 5 rings (SSSR count). The molecule has 0 bridgehead atoms. The van der Waals surface area contributed by atoms with E-state index in [4.69, 9.17) is 0 Å². The second-order valence-electron chi connectivity index (χ2n) is 8.08. The number of carbonyl (C=O) groups excluding carboxylic acids is 2. The Balaban J connectivity index is 1.28. The predicted octanol–water partition coefficient (Wildman–Crippen LogP) is 3.60. The minimum Gasteiger partial charge on any atom is -0.341 e. The Kier molecular flexibility index (Phi) is 5.60. The number of fused-ring (bicyclic) bond motifs is 3. The van der Waals surface area contributed by atoms with Crippen molar-refractivity contribution in [2.24, 2.45) is 0 Å². The number of aryl methyl sites for hydroxylation is 1. The van der Waals surface area contributed by atoms with Gasteiger partial charge in [-0.25, -0.2) is 4.98 Å². The van der Waals surface area contributed by atoms with Crippen LogP contribution in [-0.2, 0) is 11.3 Å². The standard InChI is InChI=1S/C26H25N5O2/c1-2-31-23-6-4-3-5-20(23)21-17-19(7-9-24(21)31)8-10-25(32)29-13-15-30(16-14-29)26(33)22-18-27-11-12-28-22/h3-12,17-18H,2,13-16H2,1H3/b10-8+. The van der Waals surface area contributed by atoms with Crippen molar-refractivity contribution in [3.05, 3.63) is 78.4 Å². The Hall–Kier alpha value is -4.00. The lowest BCUT2D eigenvalue weighted by molar-refractivity contribution is -0.127. The first kappa shape index (κ1) is 20.9. The summed E-state index contributed by atoms with van der Waals surface area (Å²) in [6.45, 7) is 5.02. The van der Waals surface area contributed by atoms with Gasteiger partial charge in [0.2, 0.25) is 5.91 Å². The SMILES string of the molecule is CCn1c2ccccc2c2cc(/C=C/C(=O)N3CCN(C(=O)c4cnccn4)CC3)ccc21. The van der Waals surface area contributed by atoms with Crippen LogP contribution in [0.15, 0.2) is 67.1 Å². The molecule has 0 radical (unpaired) electrons. The molecule has 1 saturated heterocycles. The quantitative estimate of drug-likeness (QED) is 0.456. The van der Waals surface area contributed by atoms with Gasteiger partial charge in [-0.15, -0.1) is 0 Å². The highest BCUT2D eigenvalue weighted by molar-refractivity contribution is 6.08. The van der Waals surface area contributed by atoms with E-state index in [0.29, 0.717) is 31.9 Å². The Morgan fingerprint density at radius 3 is 2.45 bits per heavy atom. The highest BCUT2D eigenvalue weighted by Crippen LogP contribution is 2.30. The maximum absolute atomic E-state index is 12.8. The second-order valence-corrected chi connectivity index (χ2v) is 8.08. The predicted molar refractivity (Wildman–Crippen MR) is 129 cm³/mol. The van der Waals surface area contributed by atoms with Crippen LogP contribution < -0.4 is 0 Å². The van der Waals surface area contributed by atoms with Crippen LogP contribution in [0, 0.1) is 0 Å². The maximum Gasteiger partial charge on any atom is 0.274 e. The Labute approximate surface area is 192 Å². The molecule has 0 N–H and O–H groups in total. The van der Waals surface area contributed by atoms with E-state index >= 15 is 0 Å². The first-order valence-corrected chi connectivity index (χ1v) is 11.2. The van der Waals surface area contributed by atoms with Gasteiger partial charge in [0.15, 0.2) is 0 Å². The minimum atomic E-state index is -0.148. The average molecular weight is 440 g/mol. The van der Waals surface area contributed by atoms with Gasteiger partial charge < -0.3 is 14.4 Å². The topological polar surface area (TPSA) is 71.3 Å². The van der Waals surface area contributed by atoms with E-state index in [1.807, 2.05) is 6.08 Å². The molecule has 7 nitrogen and oxygen atoms in total. The molecule has 1 fully saturated rings. The third-order valence-electron chi connectivity index (χ3n) is 6.19. The van der Waals surface area contributed by atoms with Gasteiger partial charge in [0.05, 0.1) is 6.20 Å². The fraction of sp³-hybridized carbons (Fsp3) is 0.231. The molecule has 0 saturated carbocycles. The van der Waals surface area contributed by atoms with E-state index in [-0.39, 0.29) is 11.8 Å². The molecule has 0 atom stereocenters. The van der Waals surface area contributed by atoms with Crippen molar-refractivity contribution in [3.8, 4) is 0 Å².